The minimum atomic E-state index is -0.355. The molecule has 0 aliphatic carbocycles. The van der Waals surface area contributed by atoms with E-state index in [9.17, 15) is 4.79 Å². The topological polar surface area (TPSA) is 103 Å². The van der Waals surface area contributed by atoms with Crippen LogP contribution in [0, 0.1) is 0 Å². The lowest BCUT2D eigenvalue weighted by Crippen LogP contribution is -2.18. The third-order valence-electron chi connectivity index (χ3n) is 6.70. The molecule has 0 bridgehead atoms. The third-order valence-corrected chi connectivity index (χ3v) is 6.70. The molecule has 40 heavy (non-hydrogen) atoms. The molecule has 4 heterocycles. The van der Waals surface area contributed by atoms with Gasteiger partial charge in [-0.05, 0) is 35.9 Å². The van der Waals surface area contributed by atoms with E-state index in [1.807, 2.05) is 73.8 Å². The number of anilines is 3. The van der Waals surface area contributed by atoms with Gasteiger partial charge in [-0.2, -0.15) is 0 Å². The number of benzene rings is 2. The molecule has 3 aromatic heterocycles. The number of fused-ring (bicyclic) bond motifs is 1. The molecule has 0 amide bonds. The van der Waals surface area contributed by atoms with Crippen molar-refractivity contribution in [2.45, 2.75) is 12.8 Å². The van der Waals surface area contributed by atoms with E-state index in [2.05, 4.69) is 25.3 Å². The monoisotopic (exact) mass is 536 g/mol. The van der Waals surface area contributed by atoms with E-state index in [-0.39, 0.29) is 6.29 Å². The quantitative estimate of drug-likeness (QED) is 0.260. The molecule has 1 fully saturated rings. The van der Waals surface area contributed by atoms with Gasteiger partial charge in [0, 0.05) is 42.7 Å². The zero-order valence-corrected chi connectivity index (χ0v) is 22.2. The molecule has 1 aliphatic heterocycles. The molecule has 6 rings (SSSR count). The predicted octanol–water partition coefficient (Wildman–Crippen LogP) is 5.04. The third kappa shape index (κ3) is 5.22. The Morgan fingerprint density at radius 3 is 2.60 bits per heavy atom. The minimum absolute atomic E-state index is 0.355. The normalized spacial score (nSPS) is 13.4. The Kier molecular flexibility index (Phi) is 7.09. The molecule has 0 spiro atoms. The number of rotatable bonds is 9. The number of ether oxygens (including phenoxy) is 3. The Morgan fingerprint density at radius 1 is 1.05 bits per heavy atom. The lowest BCUT2D eigenvalue weighted by molar-refractivity contribution is -0.0443. The first kappa shape index (κ1) is 25.5. The minimum Gasteiger partial charge on any atom is -0.497 e. The van der Waals surface area contributed by atoms with Gasteiger partial charge in [-0.3, -0.25) is 9.78 Å². The summed E-state index contributed by atoms with van der Waals surface area (Å²) in [4.78, 5) is 22.9. The van der Waals surface area contributed by atoms with Crippen LogP contribution in [-0.2, 0) is 16.0 Å². The molecular weight excluding hydrogens is 508 g/mol. The molecule has 5 aromatic rings. The maximum atomic E-state index is 11.7. The van der Waals surface area contributed by atoms with Gasteiger partial charge in [0.1, 0.15) is 11.4 Å². The first-order chi connectivity index (χ1) is 19.6. The number of imidazole rings is 1. The van der Waals surface area contributed by atoms with Crippen LogP contribution in [0.2, 0.25) is 0 Å². The van der Waals surface area contributed by atoms with Gasteiger partial charge in [-0.25, -0.2) is 9.50 Å². The highest BCUT2D eigenvalue weighted by molar-refractivity contribution is 5.80. The van der Waals surface area contributed by atoms with Gasteiger partial charge in [-0.15, -0.1) is 5.10 Å². The molecule has 10 nitrogen and oxygen atoms in total. The highest BCUT2D eigenvalue weighted by Gasteiger charge is 2.19. The molecular formula is C30H28N6O4. The van der Waals surface area contributed by atoms with Gasteiger partial charge >= 0.3 is 0 Å². The molecule has 0 unspecified atom stereocenters. The van der Waals surface area contributed by atoms with Gasteiger partial charge in [0.25, 0.3) is 0 Å². The molecule has 1 aliphatic rings. The molecule has 1 saturated heterocycles. The summed E-state index contributed by atoms with van der Waals surface area (Å²) in [5, 5.41) is 8.05. The van der Waals surface area contributed by atoms with Gasteiger partial charge in [0.15, 0.2) is 24.0 Å². The summed E-state index contributed by atoms with van der Waals surface area (Å²) in [6, 6.07) is 21.7. The zero-order valence-electron chi connectivity index (χ0n) is 22.2. The first-order valence-electron chi connectivity index (χ1n) is 12.9. The van der Waals surface area contributed by atoms with E-state index in [1.54, 1.807) is 17.8 Å². The average Bonchev–Trinajstić information content (AvgIpc) is 3.68. The van der Waals surface area contributed by atoms with Crippen molar-refractivity contribution in [2.75, 3.05) is 37.6 Å². The van der Waals surface area contributed by atoms with Crippen LogP contribution in [0.5, 0.6) is 5.75 Å². The van der Waals surface area contributed by atoms with Crippen LogP contribution in [0.1, 0.15) is 27.9 Å². The zero-order chi connectivity index (χ0) is 27.5. The molecule has 10 heteroatoms. The molecule has 1 N–H and O–H groups in total. The van der Waals surface area contributed by atoms with Gasteiger partial charge in [-0.1, -0.05) is 30.3 Å². The van der Waals surface area contributed by atoms with Crippen LogP contribution in [0.4, 0.5) is 17.2 Å². The summed E-state index contributed by atoms with van der Waals surface area (Å²) >= 11 is 0. The van der Waals surface area contributed by atoms with Crippen molar-refractivity contribution in [3.8, 4) is 17.0 Å². The average molecular weight is 537 g/mol. The van der Waals surface area contributed by atoms with Crippen molar-refractivity contribution in [1.29, 1.82) is 0 Å². The smallest absolute Gasteiger partial charge is 0.185 e. The summed E-state index contributed by atoms with van der Waals surface area (Å²) in [6.07, 6.45) is 3.71. The fraction of sp³-hybridized carbons (Fsp3) is 0.200. The second-order valence-corrected chi connectivity index (χ2v) is 9.41. The Bertz CT molecular complexity index is 1630. The number of aldehydes is 1. The maximum Gasteiger partial charge on any atom is 0.185 e. The number of carbonyl (C=O) groups is 1. The molecule has 0 atom stereocenters. The van der Waals surface area contributed by atoms with Crippen molar-refractivity contribution in [2.24, 2.45) is 0 Å². The van der Waals surface area contributed by atoms with E-state index < -0.39 is 0 Å². The second kappa shape index (κ2) is 11.1. The van der Waals surface area contributed by atoms with Crippen molar-refractivity contribution in [1.82, 2.24) is 19.6 Å². The van der Waals surface area contributed by atoms with Gasteiger partial charge in [0.2, 0.25) is 0 Å². The molecule has 202 valence electrons. The number of methoxy groups -OCH3 is 1. The fourth-order valence-corrected chi connectivity index (χ4v) is 4.65. The predicted molar refractivity (Wildman–Crippen MR) is 151 cm³/mol. The summed E-state index contributed by atoms with van der Waals surface area (Å²) in [5.41, 5.74) is 6.38. The molecule has 2 aromatic carbocycles. The number of nitrogens with zero attached hydrogens (tertiary/aromatic N) is 5. The summed E-state index contributed by atoms with van der Waals surface area (Å²) in [5.74, 6) is 1.37. The lowest BCUT2D eigenvalue weighted by Gasteiger charge is -2.21. The highest BCUT2D eigenvalue weighted by Crippen LogP contribution is 2.29. The summed E-state index contributed by atoms with van der Waals surface area (Å²) < 4.78 is 18.0. The Morgan fingerprint density at radius 2 is 1.88 bits per heavy atom. The molecule has 0 radical (unpaired) electrons. The number of aromatic nitrogens is 4. The largest absolute Gasteiger partial charge is 0.497 e. The number of hydrogen-bond donors (Lipinski definition) is 1. The van der Waals surface area contributed by atoms with E-state index in [4.69, 9.17) is 14.2 Å². The SMILES string of the molecule is COc1ccc(CN(C)c2cc(Nc3cccc(-c4ccc(C5OCCO5)cn4)c3)nn3c(C=O)cnc23)cc1. The van der Waals surface area contributed by atoms with Crippen LogP contribution in [0.25, 0.3) is 16.9 Å². The summed E-state index contributed by atoms with van der Waals surface area (Å²) in [7, 11) is 3.63. The highest BCUT2D eigenvalue weighted by atomic mass is 16.7. The van der Waals surface area contributed by atoms with Gasteiger partial charge < -0.3 is 24.4 Å². The van der Waals surface area contributed by atoms with Crippen LogP contribution < -0.4 is 15.0 Å². The molecule has 0 saturated carbocycles. The van der Waals surface area contributed by atoms with E-state index in [1.165, 1.54) is 6.20 Å². The standard InChI is InChI=1S/C30H28N6O4/c1-35(18-20-6-9-25(38-2)10-7-20)27-15-28(34-36-24(19-37)17-32-29(27)36)33-23-5-3-4-21(14-23)26-11-8-22(16-31-26)30-39-12-13-40-30/h3-11,14-17,19,30H,12-13,18H2,1-2H3,(H,33,34). The Hall–Kier alpha value is -4.80. The van der Waals surface area contributed by atoms with Crippen LogP contribution >= 0.6 is 0 Å². The Labute approximate surface area is 231 Å². The first-order valence-corrected chi connectivity index (χ1v) is 12.9. The van der Waals surface area contributed by atoms with E-state index in [0.717, 1.165) is 45.8 Å². The van der Waals surface area contributed by atoms with E-state index in [0.29, 0.717) is 36.9 Å². The van der Waals surface area contributed by atoms with Crippen LogP contribution in [0.3, 0.4) is 0 Å². The number of pyridine rings is 1. The number of nitrogens with one attached hydrogen (secondary N) is 1. The second-order valence-electron chi connectivity index (χ2n) is 9.41. The fourth-order valence-electron chi connectivity index (χ4n) is 4.65. The lowest BCUT2D eigenvalue weighted by atomic mass is 10.1. The van der Waals surface area contributed by atoms with Crippen LogP contribution in [0.15, 0.2) is 79.1 Å². The summed E-state index contributed by atoms with van der Waals surface area (Å²) in [6.45, 7) is 1.80. The number of carbonyl (C=O) groups excluding carboxylic acids is 1. The number of hydrogen-bond acceptors (Lipinski definition) is 9. The van der Waals surface area contributed by atoms with Crippen molar-refractivity contribution in [3.63, 3.8) is 0 Å². The van der Waals surface area contributed by atoms with E-state index >= 15 is 0 Å². The van der Waals surface area contributed by atoms with Crippen molar-refractivity contribution >= 4 is 29.1 Å². The maximum absolute atomic E-state index is 11.7. The van der Waals surface area contributed by atoms with Crippen LogP contribution in [-0.4, -0.2) is 53.2 Å². The van der Waals surface area contributed by atoms with Crippen molar-refractivity contribution < 1.29 is 19.0 Å². The Balaban J connectivity index is 1.28. The van der Waals surface area contributed by atoms with Crippen molar-refractivity contribution in [3.05, 3.63) is 95.9 Å². The van der Waals surface area contributed by atoms with Gasteiger partial charge in [0.05, 0.1) is 37.9 Å².